The summed E-state index contributed by atoms with van der Waals surface area (Å²) in [6.07, 6.45) is 26.4. The van der Waals surface area contributed by atoms with Gasteiger partial charge in [0.05, 0.1) is 34.6 Å². The van der Waals surface area contributed by atoms with Crippen LogP contribution < -0.4 is 25.4 Å². The summed E-state index contributed by atoms with van der Waals surface area (Å²) in [5, 5.41) is 45.6. The van der Waals surface area contributed by atoms with Gasteiger partial charge in [0.1, 0.15) is 0 Å². The summed E-state index contributed by atoms with van der Waals surface area (Å²) >= 11 is 0. The fourth-order valence-corrected chi connectivity index (χ4v) is 24.5. The maximum absolute atomic E-state index is 13.0. The summed E-state index contributed by atoms with van der Waals surface area (Å²) in [4.78, 5) is 30.0. The predicted octanol–water partition coefficient (Wildman–Crippen LogP) is 12.3. The molecule has 2 aliphatic heterocycles. The standard InChI is InChI=1S/C36H57N3O5S.C26H43NO2.C11H16N2O2S.BH.U/c1-5-27-31-21-25(40)15-17-36(31,4)30-16-18-35(3)28(13-14-29(35)32(30)33(27)41)23(2)22-37-34(42)38-45(43,44)26-11-9-24(10-12-26)39-19-7-6-8-20-39;1-6-18-22-13-16(2)9-11-26(22,5)21-10-12-25(4)19(17(3)14-27-15-28)7-8-20(25)23(21)24(18)29;12-16(14,15)10-6-4-9(5-7-10)11-3-1-2-8-13-11;;/h9-12,23,25,27-33,40-41H,5-8,13-22H2,1-4H3,(H2,37,38,42);16-24,29H,6-14H2,1-5H3;4-7,11,13H,1-3,8H2,(H2,12,14,15);1H;/t23-,25-,27-,28-,29+,30+,31+,32+,33-,35-,36-;16-,17-,18-,19-,20+,21+,22+,23+,24-,25-,26-;;;/m11.../s1/i;;;1D;. The zero-order valence-electron chi connectivity index (χ0n) is 58.3. The number of amides is 2. The minimum absolute atomic E-state index is 0. The molecule has 512 valence electrons. The Morgan fingerprint density at radius 2 is 1.20 bits per heavy atom. The maximum atomic E-state index is 13.0. The molecule has 0 spiro atoms. The first kappa shape index (κ1) is 73.9. The van der Waals surface area contributed by atoms with Crippen LogP contribution in [-0.4, -0.2) is 105 Å². The number of hydrogen-bond donors (Lipinski definition) is 7. The molecule has 2 amide bonds. The van der Waals surface area contributed by atoms with Crippen LogP contribution in [0.25, 0.3) is 0 Å². The molecule has 0 aromatic heterocycles. The molecular formula is C73H117BN6O9S2U. The van der Waals surface area contributed by atoms with Gasteiger partial charge in [0.15, 0.2) is 0 Å². The number of primary sulfonamides is 1. The number of anilines is 1. The number of rotatable bonds is 13. The number of urea groups is 1. The molecule has 2 aromatic rings. The van der Waals surface area contributed by atoms with Crippen molar-refractivity contribution in [2.24, 2.45) is 121 Å². The first-order valence-corrected chi connectivity index (χ1v) is 38.9. The maximum Gasteiger partial charge on any atom is 0.328 e. The van der Waals surface area contributed by atoms with Gasteiger partial charge >= 0.3 is 6.03 Å². The number of isocyanates is 1. The Balaban J connectivity index is 0.000000197. The summed E-state index contributed by atoms with van der Waals surface area (Å²) in [5.41, 5.74) is 3.12. The van der Waals surface area contributed by atoms with Crippen LogP contribution in [0.3, 0.4) is 0 Å². The van der Waals surface area contributed by atoms with Gasteiger partial charge in [0, 0.05) is 70.9 Å². The molecule has 12 rings (SSSR count). The molecule has 2 aromatic carbocycles. The molecule has 2 radical (unpaired) electrons. The van der Waals surface area contributed by atoms with E-state index in [1.807, 2.05) is 24.3 Å². The average Bonchev–Trinajstić information content (AvgIpc) is 1.70. The van der Waals surface area contributed by atoms with Crippen molar-refractivity contribution in [3.63, 3.8) is 0 Å². The zero-order chi connectivity index (χ0) is 66.7. The largest absolute Gasteiger partial charge is 0.393 e. The van der Waals surface area contributed by atoms with Gasteiger partial charge in [-0.1, -0.05) is 100 Å². The topological polar surface area (TPSA) is 241 Å². The minimum Gasteiger partial charge on any atom is -0.393 e. The van der Waals surface area contributed by atoms with E-state index in [-0.39, 0.29) is 87.8 Å². The van der Waals surface area contributed by atoms with Crippen LogP contribution in [0.4, 0.5) is 10.5 Å². The van der Waals surface area contributed by atoms with Gasteiger partial charge in [-0.2, -0.15) is 0 Å². The number of sulfonamides is 2. The summed E-state index contributed by atoms with van der Waals surface area (Å²) < 4.78 is 55.7. The van der Waals surface area contributed by atoms with Crippen LogP contribution in [-0.2, 0) is 24.8 Å². The molecule has 10 fully saturated rings. The van der Waals surface area contributed by atoms with Crippen molar-refractivity contribution in [3.8, 4) is 0 Å². The number of aliphatic imine (C=N–C) groups is 1. The van der Waals surface area contributed by atoms with Crippen LogP contribution >= 0.6 is 0 Å². The van der Waals surface area contributed by atoms with E-state index >= 15 is 0 Å². The second-order valence-corrected chi connectivity index (χ2v) is 35.3. The monoisotopic (exact) mass is 1540 g/mol. The molecule has 8 aliphatic carbocycles. The van der Waals surface area contributed by atoms with Gasteiger partial charge in [-0.05, 0) is 276 Å². The van der Waals surface area contributed by atoms with Crippen molar-refractivity contribution < 1.29 is 72.9 Å². The zero-order valence-corrected chi connectivity index (χ0v) is 63.1. The molecule has 8 N–H and O–H groups in total. The molecule has 0 bridgehead atoms. The van der Waals surface area contributed by atoms with E-state index in [0.29, 0.717) is 95.1 Å². The van der Waals surface area contributed by atoms with Gasteiger partial charge < -0.3 is 30.9 Å². The predicted molar refractivity (Wildman–Crippen MR) is 364 cm³/mol. The smallest absolute Gasteiger partial charge is 0.328 e. The second-order valence-electron chi connectivity index (χ2n) is 32.1. The van der Waals surface area contributed by atoms with E-state index in [9.17, 15) is 41.7 Å². The Labute approximate surface area is 581 Å². The molecule has 8 saturated carbocycles. The molecule has 23 atom stereocenters. The van der Waals surface area contributed by atoms with Gasteiger partial charge in [-0.15, -0.1) is 0 Å². The number of nitrogens with one attached hydrogen (secondary N) is 3. The number of nitrogens with zero attached hydrogens (tertiary/aromatic N) is 2. The summed E-state index contributed by atoms with van der Waals surface area (Å²) in [6.45, 7) is 25.4. The van der Waals surface area contributed by atoms with Crippen LogP contribution in [0.5, 0.6) is 0 Å². The summed E-state index contributed by atoms with van der Waals surface area (Å²) in [5.74, 6) is 7.26. The number of hydrogen-bond acceptors (Lipinski definition) is 12. The van der Waals surface area contributed by atoms with Gasteiger partial charge in [0.25, 0.3) is 10.0 Å². The molecule has 10 aliphatic rings. The number of fused-ring (bicyclic) bond motifs is 10. The van der Waals surface area contributed by atoms with Crippen LogP contribution in [0.1, 0.15) is 215 Å². The Morgan fingerprint density at radius 1 is 0.685 bits per heavy atom. The van der Waals surface area contributed by atoms with Gasteiger partial charge in [-0.25, -0.2) is 41.3 Å². The molecule has 92 heavy (non-hydrogen) atoms. The summed E-state index contributed by atoms with van der Waals surface area (Å²) in [7, 11) is -3.80. The summed E-state index contributed by atoms with van der Waals surface area (Å²) in [6, 6.07) is 13.3. The number of nitrogens with two attached hydrogens (primary N) is 1. The molecule has 1 unspecified atom stereocenters. The van der Waals surface area contributed by atoms with E-state index in [2.05, 4.69) is 95.9 Å². The van der Waals surface area contributed by atoms with E-state index in [0.717, 1.165) is 114 Å². The number of aliphatic hydroxyl groups is 3. The van der Waals surface area contributed by atoms with E-state index in [4.69, 9.17) is 6.47 Å². The Kier molecular flexibility index (Phi) is 24.8. The van der Waals surface area contributed by atoms with Crippen LogP contribution in [0.2, 0.25) is 0 Å². The molecule has 19 heteroatoms. The number of carbonyl (C=O) groups excluding carboxylic acids is 2. The van der Waals surface area contributed by atoms with Crippen LogP contribution in [0.15, 0.2) is 63.3 Å². The SMILES string of the molecule is CC[C@H]1[C@@H](O)[C@@H]2[C@H](CC[C@]3(C)[C@@H]([C@H](C)CN=C=O)CC[C@@H]23)[C@@]2(C)CC[C@@H](C)C[C@@H]12.CC[C@H]1[C@@H](O)[C@@H]2[C@H](CC[C@]3(C)[C@@H]([C@H](C)CNC(=O)NS(=O)(=O)c4ccc(N5CCCCC5)cc4)CC[C@@H]23)[C@@]2(C)CC[C@@H](O)C[C@@H]12.NS(=O)(=O)c1ccc(C2CCCCN2)cc1.[2H][B].[U]. The van der Waals surface area contributed by atoms with Crippen molar-refractivity contribution in [2.45, 2.75) is 238 Å². The first-order valence-electron chi connectivity index (χ1n) is 36.4. The fraction of sp³-hybridized carbons (Fsp3) is 0.808. The number of benzene rings is 2. The normalized spacial score (nSPS) is 40.3. The van der Waals surface area contributed by atoms with Gasteiger partial charge in [-0.3, -0.25) is 0 Å². The number of piperidine rings is 2. The fourth-order valence-electron chi connectivity index (χ4n) is 23.0. The second kappa shape index (κ2) is 30.9. The van der Waals surface area contributed by atoms with Crippen molar-refractivity contribution in [3.05, 3.63) is 54.1 Å². The van der Waals surface area contributed by atoms with Crippen molar-refractivity contribution in [1.82, 2.24) is 15.4 Å². The Morgan fingerprint density at radius 3 is 1.72 bits per heavy atom. The Hall–Kier alpha value is -2.29. The Bertz CT molecular complexity index is 3050. The molecular weight excluding hydrogens is 1420 g/mol. The number of aliphatic hydroxyl groups excluding tert-OH is 3. The first-order chi connectivity index (χ1) is 43.7. The third-order valence-corrected chi connectivity index (χ3v) is 29.9. The number of carbonyl (C=O) groups is 1. The van der Waals surface area contributed by atoms with Crippen molar-refractivity contribution in [2.75, 3.05) is 37.6 Å². The quantitative estimate of drug-likeness (QED) is 0.0565. The third-order valence-electron chi connectivity index (χ3n) is 27.6. The van der Waals surface area contributed by atoms with Gasteiger partial charge in [0.2, 0.25) is 16.1 Å². The van der Waals surface area contributed by atoms with E-state index in [1.165, 1.54) is 64.2 Å². The minimum atomic E-state index is -3.98. The van der Waals surface area contributed by atoms with E-state index < -0.39 is 26.1 Å². The third kappa shape index (κ3) is 15.0. The average molecular weight is 1540 g/mol. The molecule has 2 heterocycles. The van der Waals surface area contributed by atoms with Crippen molar-refractivity contribution in [1.29, 1.82) is 1.34 Å². The van der Waals surface area contributed by atoms with Crippen LogP contribution in [0, 0.1) is 142 Å². The van der Waals surface area contributed by atoms with E-state index in [1.54, 1.807) is 30.3 Å². The van der Waals surface area contributed by atoms with Crippen molar-refractivity contribution >= 4 is 46.2 Å². The molecule has 2 saturated heterocycles. The molecule has 15 nitrogen and oxygen atoms in total.